The Bertz CT molecular complexity index is 753. The van der Waals surface area contributed by atoms with Crippen molar-refractivity contribution in [3.05, 3.63) is 50.7 Å². The monoisotopic (exact) mass is 365 g/mol. The van der Waals surface area contributed by atoms with Crippen molar-refractivity contribution in [3.63, 3.8) is 0 Å². The van der Waals surface area contributed by atoms with E-state index < -0.39 is 6.10 Å². The van der Waals surface area contributed by atoms with Crippen LogP contribution in [-0.4, -0.2) is 23.8 Å². The van der Waals surface area contributed by atoms with Gasteiger partial charge in [0, 0.05) is 23.3 Å². The highest BCUT2D eigenvalue weighted by molar-refractivity contribution is 7.10. The molecule has 1 atom stereocenters. The molecule has 4 nitrogen and oxygen atoms in total. The van der Waals surface area contributed by atoms with Crippen molar-refractivity contribution < 1.29 is 9.23 Å². The highest BCUT2D eigenvalue weighted by Gasteiger charge is 2.30. The van der Waals surface area contributed by atoms with Gasteiger partial charge < -0.3 is 10.2 Å². The summed E-state index contributed by atoms with van der Waals surface area (Å²) in [6.45, 7) is 2.08. The van der Waals surface area contributed by atoms with Crippen molar-refractivity contribution >= 4 is 28.6 Å². The van der Waals surface area contributed by atoms with Crippen molar-refractivity contribution in [2.45, 2.75) is 31.3 Å². The summed E-state index contributed by atoms with van der Waals surface area (Å²) in [4.78, 5) is 10.2. The van der Waals surface area contributed by atoms with Crippen LogP contribution in [-0.2, 0) is 4.84 Å². The number of nitrogens with one attached hydrogen (secondary N) is 1. The van der Waals surface area contributed by atoms with Gasteiger partial charge in [-0.25, -0.2) is 9.37 Å². The number of aromatic nitrogens is 1. The van der Waals surface area contributed by atoms with Gasteiger partial charge in [-0.3, -0.25) is 0 Å². The molecule has 1 fully saturated rings. The van der Waals surface area contributed by atoms with Gasteiger partial charge in [0.15, 0.2) is 6.10 Å². The van der Waals surface area contributed by atoms with Crippen LogP contribution in [0.2, 0.25) is 5.02 Å². The third kappa shape index (κ3) is 3.06. The normalized spacial score (nSPS) is 21.6. The van der Waals surface area contributed by atoms with Crippen LogP contribution < -0.4 is 5.32 Å². The number of piperidine rings is 1. The molecular weight excluding hydrogens is 349 g/mol. The molecule has 2 aliphatic rings. The average Bonchev–Trinajstić information content (AvgIpc) is 3.25. The van der Waals surface area contributed by atoms with E-state index in [1.54, 1.807) is 23.5 Å². The third-order valence-electron chi connectivity index (χ3n) is 4.50. The predicted molar refractivity (Wildman–Crippen MR) is 93.3 cm³/mol. The van der Waals surface area contributed by atoms with Gasteiger partial charge in [0.1, 0.15) is 11.5 Å². The second-order valence-corrected chi connectivity index (χ2v) is 7.36. The highest BCUT2D eigenvalue weighted by Crippen LogP contribution is 2.36. The summed E-state index contributed by atoms with van der Waals surface area (Å²) in [5.41, 5.74) is 1.96. The third-order valence-corrected chi connectivity index (χ3v) is 5.83. The molecule has 1 N–H and O–H groups in total. The first-order valence-electron chi connectivity index (χ1n) is 8.05. The summed E-state index contributed by atoms with van der Waals surface area (Å²) in [5, 5.41) is 11.0. The molecule has 2 aromatic rings. The molecular formula is C17H17ClFN3OS. The minimum absolute atomic E-state index is 0.363. The molecule has 1 aromatic heterocycles. The van der Waals surface area contributed by atoms with E-state index in [0.29, 0.717) is 22.9 Å². The van der Waals surface area contributed by atoms with E-state index in [9.17, 15) is 4.39 Å². The van der Waals surface area contributed by atoms with Crippen LogP contribution >= 0.6 is 22.9 Å². The van der Waals surface area contributed by atoms with Crippen LogP contribution in [0.5, 0.6) is 0 Å². The first-order chi connectivity index (χ1) is 11.7. The van der Waals surface area contributed by atoms with Gasteiger partial charge in [-0.05, 0) is 38.1 Å². The van der Waals surface area contributed by atoms with Crippen molar-refractivity contribution in [2.24, 2.45) is 5.16 Å². The molecule has 1 saturated heterocycles. The lowest BCUT2D eigenvalue weighted by Crippen LogP contribution is -2.26. The summed E-state index contributed by atoms with van der Waals surface area (Å²) in [6.07, 6.45) is 2.22. The van der Waals surface area contributed by atoms with Gasteiger partial charge in [0.25, 0.3) is 0 Å². The summed E-state index contributed by atoms with van der Waals surface area (Å²) in [6, 6.07) is 4.64. The zero-order valence-electron chi connectivity index (χ0n) is 13.0. The van der Waals surface area contributed by atoms with Gasteiger partial charge in [-0.1, -0.05) is 22.8 Å². The van der Waals surface area contributed by atoms with Gasteiger partial charge in [-0.15, -0.1) is 11.3 Å². The average molecular weight is 366 g/mol. The summed E-state index contributed by atoms with van der Waals surface area (Å²) in [7, 11) is 0. The number of nitrogens with zero attached hydrogens (tertiary/aromatic N) is 2. The van der Waals surface area contributed by atoms with E-state index in [0.717, 1.165) is 42.3 Å². The largest absolute Gasteiger partial charge is 0.387 e. The van der Waals surface area contributed by atoms with E-state index in [1.165, 1.54) is 6.07 Å². The Kier molecular flexibility index (Phi) is 4.52. The molecule has 1 unspecified atom stereocenters. The SMILES string of the molecule is Fc1cccc(Cl)c1C1CC(c2csc(C3CCNCC3)n2)=NO1. The quantitative estimate of drug-likeness (QED) is 0.883. The fourth-order valence-corrected chi connectivity index (χ4v) is 4.46. The summed E-state index contributed by atoms with van der Waals surface area (Å²) < 4.78 is 14.0. The van der Waals surface area contributed by atoms with Crippen LogP contribution in [0.4, 0.5) is 4.39 Å². The van der Waals surface area contributed by atoms with Gasteiger partial charge in [-0.2, -0.15) is 0 Å². The summed E-state index contributed by atoms with van der Waals surface area (Å²) >= 11 is 7.79. The van der Waals surface area contributed by atoms with Crippen molar-refractivity contribution in [1.82, 2.24) is 10.3 Å². The van der Waals surface area contributed by atoms with Crippen LogP contribution in [0.15, 0.2) is 28.7 Å². The zero-order chi connectivity index (χ0) is 16.5. The molecule has 1 aromatic carbocycles. The minimum Gasteiger partial charge on any atom is -0.387 e. The Morgan fingerprint density at radius 2 is 2.12 bits per heavy atom. The molecule has 0 spiro atoms. The zero-order valence-corrected chi connectivity index (χ0v) is 14.5. The molecule has 0 saturated carbocycles. The van der Waals surface area contributed by atoms with Crippen LogP contribution in [0.25, 0.3) is 0 Å². The number of thiazole rings is 1. The molecule has 7 heteroatoms. The van der Waals surface area contributed by atoms with Crippen LogP contribution in [0, 0.1) is 5.82 Å². The van der Waals surface area contributed by atoms with E-state index in [2.05, 4.69) is 10.5 Å². The predicted octanol–water partition coefficient (Wildman–Crippen LogP) is 4.27. The number of benzene rings is 1. The van der Waals surface area contributed by atoms with E-state index >= 15 is 0 Å². The minimum atomic E-state index is -0.488. The molecule has 0 amide bonds. The second kappa shape index (κ2) is 6.78. The first kappa shape index (κ1) is 16.0. The van der Waals surface area contributed by atoms with Crippen molar-refractivity contribution in [2.75, 3.05) is 13.1 Å². The van der Waals surface area contributed by atoms with Crippen LogP contribution in [0.1, 0.15) is 47.5 Å². The molecule has 0 radical (unpaired) electrons. The Hall–Kier alpha value is -1.50. The molecule has 3 heterocycles. The first-order valence-corrected chi connectivity index (χ1v) is 9.31. The van der Waals surface area contributed by atoms with Gasteiger partial charge in [0.2, 0.25) is 0 Å². The van der Waals surface area contributed by atoms with E-state index in [4.69, 9.17) is 21.4 Å². The van der Waals surface area contributed by atoms with E-state index in [1.807, 2.05) is 5.38 Å². The maximum absolute atomic E-state index is 14.0. The fourth-order valence-electron chi connectivity index (χ4n) is 3.18. The van der Waals surface area contributed by atoms with Crippen LogP contribution in [0.3, 0.4) is 0 Å². The lowest BCUT2D eigenvalue weighted by molar-refractivity contribution is 0.0830. The molecule has 0 aliphatic carbocycles. The maximum Gasteiger partial charge on any atom is 0.162 e. The Morgan fingerprint density at radius 3 is 2.92 bits per heavy atom. The Morgan fingerprint density at radius 1 is 1.29 bits per heavy atom. The lowest BCUT2D eigenvalue weighted by atomic mass is 9.99. The molecule has 4 rings (SSSR count). The Balaban J connectivity index is 1.50. The lowest BCUT2D eigenvalue weighted by Gasteiger charge is -2.20. The number of rotatable bonds is 3. The standard InChI is InChI=1S/C17H17ClFN3OS/c18-11-2-1-3-12(19)16(11)15-8-13(22-23-15)14-9-24-17(21-14)10-4-6-20-7-5-10/h1-3,9-10,15,20H,4-8H2. The maximum atomic E-state index is 14.0. The van der Waals surface area contributed by atoms with E-state index in [-0.39, 0.29) is 5.82 Å². The Labute approximate surface area is 148 Å². The summed E-state index contributed by atoms with van der Waals surface area (Å²) in [5.74, 6) is 0.155. The van der Waals surface area contributed by atoms with Gasteiger partial charge in [0.05, 0.1) is 15.7 Å². The number of hydrogen-bond acceptors (Lipinski definition) is 5. The highest BCUT2D eigenvalue weighted by atomic mass is 35.5. The smallest absolute Gasteiger partial charge is 0.162 e. The second-order valence-electron chi connectivity index (χ2n) is 6.07. The number of halogens is 2. The molecule has 126 valence electrons. The number of hydrogen-bond donors (Lipinski definition) is 1. The molecule has 2 aliphatic heterocycles. The fraction of sp³-hybridized carbons (Fsp3) is 0.412. The van der Waals surface area contributed by atoms with Crippen molar-refractivity contribution in [3.8, 4) is 0 Å². The van der Waals surface area contributed by atoms with Crippen molar-refractivity contribution in [1.29, 1.82) is 0 Å². The molecule has 0 bridgehead atoms. The topological polar surface area (TPSA) is 46.5 Å². The molecule has 24 heavy (non-hydrogen) atoms. The number of oxime groups is 1. The van der Waals surface area contributed by atoms with Gasteiger partial charge >= 0.3 is 0 Å².